The SMILES string of the molecule is Cc1cc(C)c(NC(=O)C2CCC(C(=O)NCCC(C)C)CC2)c(C)c1. The summed E-state index contributed by atoms with van der Waals surface area (Å²) in [5.74, 6) is 0.931. The van der Waals surface area contributed by atoms with E-state index in [1.54, 1.807) is 0 Å². The van der Waals surface area contributed by atoms with E-state index in [1.165, 1.54) is 5.56 Å². The molecule has 1 fully saturated rings. The molecule has 0 unspecified atom stereocenters. The zero-order chi connectivity index (χ0) is 19.3. The molecule has 2 rings (SSSR count). The van der Waals surface area contributed by atoms with Gasteiger partial charge in [-0.1, -0.05) is 31.5 Å². The van der Waals surface area contributed by atoms with Crippen molar-refractivity contribution in [1.29, 1.82) is 0 Å². The van der Waals surface area contributed by atoms with Crippen molar-refractivity contribution in [2.75, 3.05) is 11.9 Å². The van der Waals surface area contributed by atoms with Crippen molar-refractivity contribution in [3.8, 4) is 0 Å². The molecule has 4 heteroatoms. The Hall–Kier alpha value is -1.84. The molecule has 2 amide bonds. The number of carbonyl (C=O) groups excluding carboxylic acids is 2. The van der Waals surface area contributed by atoms with E-state index in [-0.39, 0.29) is 23.7 Å². The molecule has 0 aromatic heterocycles. The van der Waals surface area contributed by atoms with E-state index >= 15 is 0 Å². The maximum atomic E-state index is 12.7. The second-order valence-corrected chi connectivity index (χ2v) is 8.29. The summed E-state index contributed by atoms with van der Waals surface area (Å²) in [6.45, 7) is 11.2. The lowest BCUT2D eigenvalue weighted by atomic mass is 9.81. The predicted molar refractivity (Wildman–Crippen MR) is 107 cm³/mol. The Labute approximate surface area is 158 Å². The number of aryl methyl sites for hydroxylation is 3. The molecule has 0 saturated heterocycles. The second kappa shape index (κ2) is 9.20. The molecule has 0 radical (unpaired) electrons. The highest BCUT2D eigenvalue weighted by molar-refractivity contribution is 5.94. The Morgan fingerprint density at radius 2 is 1.46 bits per heavy atom. The van der Waals surface area contributed by atoms with Gasteiger partial charge < -0.3 is 10.6 Å². The van der Waals surface area contributed by atoms with E-state index in [1.807, 2.05) is 13.8 Å². The molecule has 1 aliphatic rings. The first kappa shape index (κ1) is 20.5. The molecule has 1 aliphatic carbocycles. The Kier molecular flexibility index (Phi) is 7.24. The van der Waals surface area contributed by atoms with Crippen molar-refractivity contribution >= 4 is 17.5 Å². The first-order valence-corrected chi connectivity index (χ1v) is 9.94. The monoisotopic (exact) mass is 358 g/mol. The van der Waals surface area contributed by atoms with Gasteiger partial charge in [-0.3, -0.25) is 9.59 Å². The van der Waals surface area contributed by atoms with Gasteiger partial charge in [-0.2, -0.15) is 0 Å². The fourth-order valence-electron chi connectivity index (χ4n) is 3.85. The van der Waals surface area contributed by atoms with Crippen LogP contribution in [0.15, 0.2) is 12.1 Å². The van der Waals surface area contributed by atoms with Crippen LogP contribution in [0.3, 0.4) is 0 Å². The van der Waals surface area contributed by atoms with Gasteiger partial charge in [-0.05, 0) is 69.9 Å². The summed E-state index contributed by atoms with van der Waals surface area (Å²) < 4.78 is 0. The average Bonchev–Trinajstić information content (AvgIpc) is 2.57. The van der Waals surface area contributed by atoms with Crippen molar-refractivity contribution in [3.05, 3.63) is 28.8 Å². The lowest BCUT2D eigenvalue weighted by Crippen LogP contribution is -2.36. The maximum absolute atomic E-state index is 12.7. The van der Waals surface area contributed by atoms with Gasteiger partial charge in [0.1, 0.15) is 0 Å². The van der Waals surface area contributed by atoms with E-state index in [4.69, 9.17) is 0 Å². The number of nitrogens with one attached hydrogen (secondary N) is 2. The van der Waals surface area contributed by atoms with Crippen LogP contribution >= 0.6 is 0 Å². The summed E-state index contributed by atoms with van der Waals surface area (Å²) in [6, 6.07) is 4.20. The molecule has 0 heterocycles. The number of anilines is 1. The molecule has 0 bridgehead atoms. The zero-order valence-electron chi connectivity index (χ0n) is 16.9. The normalized spacial score (nSPS) is 20.1. The maximum Gasteiger partial charge on any atom is 0.227 e. The van der Waals surface area contributed by atoms with Crippen molar-refractivity contribution in [2.45, 2.75) is 66.7 Å². The summed E-state index contributed by atoms with van der Waals surface area (Å²) in [5.41, 5.74) is 4.36. The minimum Gasteiger partial charge on any atom is -0.356 e. The van der Waals surface area contributed by atoms with Crippen LogP contribution in [0.2, 0.25) is 0 Å². The van der Waals surface area contributed by atoms with Crippen LogP contribution in [0.4, 0.5) is 5.69 Å². The summed E-state index contributed by atoms with van der Waals surface area (Å²) in [4.78, 5) is 24.9. The molecule has 1 saturated carbocycles. The van der Waals surface area contributed by atoms with E-state index in [0.29, 0.717) is 5.92 Å². The van der Waals surface area contributed by atoms with Crippen LogP contribution in [0, 0.1) is 38.5 Å². The molecular formula is C22H34N2O2. The van der Waals surface area contributed by atoms with Gasteiger partial charge in [0, 0.05) is 24.1 Å². The molecule has 0 spiro atoms. The summed E-state index contributed by atoms with van der Waals surface area (Å²) in [5, 5.41) is 6.18. The van der Waals surface area contributed by atoms with Gasteiger partial charge in [0.25, 0.3) is 0 Å². The summed E-state index contributed by atoms with van der Waals surface area (Å²) >= 11 is 0. The average molecular weight is 359 g/mol. The highest BCUT2D eigenvalue weighted by Crippen LogP contribution is 2.31. The minimum atomic E-state index is 0.00909. The van der Waals surface area contributed by atoms with Crippen molar-refractivity contribution in [2.24, 2.45) is 17.8 Å². The third-order valence-electron chi connectivity index (χ3n) is 5.41. The minimum absolute atomic E-state index is 0.00909. The predicted octanol–water partition coefficient (Wildman–Crippen LogP) is 4.52. The second-order valence-electron chi connectivity index (χ2n) is 8.29. The molecule has 1 aromatic carbocycles. The van der Waals surface area contributed by atoms with Gasteiger partial charge in [0.2, 0.25) is 11.8 Å². The van der Waals surface area contributed by atoms with Crippen LogP contribution in [-0.4, -0.2) is 18.4 Å². The van der Waals surface area contributed by atoms with Gasteiger partial charge in [-0.25, -0.2) is 0 Å². The van der Waals surface area contributed by atoms with Crippen LogP contribution in [0.5, 0.6) is 0 Å². The number of rotatable bonds is 6. The van der Waals surface area contributed by atoms with E-state index in [2.05, 4.69) is 43.5 Å². The Morgan fingerprint density at radius 1 is 0.962 bits per heavy atom. The summed E-state index contributed by atoms with van der Waals surface area (Å²) in [7, 11) is 0. The highest BCUT2D eigenvalue weighted by atomic mass is 16.2. The first-order chi connectivity index (χ1) is 12.3. The van der Waals surface area contributed by atoms with Crippen LogP contribution < -0.4 is 10.6 Å². The molecule has 0 atom stereocenters. The van der Waals surface area contributed by atoms with Crippen molar-refractivity contribution in [3.63, 3.8) is 0 Å². The molecule has 2 N–H and O–H groups in total. The number of benzene rings is 1. The fraction of sp³-hybridized carbons (Fsp3) is 0.636. The Morgan fingerprint density at radius 3 is 1.96 bits per heavy atom. The fourth-order valence-corrected chi connectivity index (χ4v) is 3.85. The standard InChI is InChI=1S/C22H34N2O2/c1-14(2)10-11-23-21(25)18-6-8-19(9-7-18)22(26)24-20-16(4)12-15(3)13-17(20)5/h12-14,18-19H,6-11H2,1-5H3,(H,23,25)(H,24,26). The van der Waals surface area contributed by atoms with Gasteiger partial charge in [-0.15, -0.1) is 0 Å². The molecular weight excluding hydrogens is 324 g/mol. The van der Waals surface area contributed by atoms with Gasteiger partial charge >= 0.3 is 0 Å². The largest absolute Gasteiger partial charge is 0.356 e. The van der Waals surface area contributed by atoms with Gasteiger partial charge in [0.15, 0.2) is 0 Å². The Bertz CT molecular complexity index is 621. The van der Waals surface area contributed by atoms with E-state index < -0.39 is 0 Å². The summed E-state index contributed by atoms with van der Waals surface area (Å²) in [6.07, 6.45) is 4.20. The topological polar surface area (TPSA) is 58.2 Å². The third-order valence-corrected chi connectivity index (χ3v) is 5.41. The van der Waals surface area contributed by atoms with Crippen molar-refractivity contribution in [1.82, 2.24) is 5.32 Å². The Balaban J connectivity index is 1.84. The van der Waals surface area contributed by atoms with Crippen LogP contribution in [0.25, 0.3) is 0 Å². The van der Waals surface area contributed by atoms with E-state index in [0.717, 1.165) is 55.5 Å². The number of hydrogen-bond acceptors (Lipinski definition) is 2. The lowest BCUT2D eigenvalue weighted by molar-refractivity contribution is -0.128. The first-order valence-electron chi connectivity index (χ1n) is 9.94. The van der Waals surface area contributed by atoms with Crippen LogP contribution in [0.1, 0.15) is 62.6 Å². The molecule has 144 valence electrons. The van der Waals surface area contributed by atoms with E-state index in [9.17, 15) is 9.59 Å². The number of hydrogen-bond donors (Lipinski definition) is 2. The highest BCUT2D eigenvalue weighted by Gasteiger charge is 2.30. The smallest absolute Gasteiger partial charge is 0.227 e. The molecule has 0 aliphatic heterocycles. The van der Waals surface area contributed by atoms with Crippen LogP contribution in [-0.2, 0) is 9.59 Å². The van der Waals surface area contributed by atoms with Gasteiger partial charge in [0.05, 0.1) is 0 Å². The molecule has 4 nitrogen and oxygen atoms in total. The molecule has 1 aromatic rings. The number of amides is 2. The molecule has 26 heavy (non-hydrogen) atoms. The van der Waals surface area contributed by atoms with Crippen molar-refractivity contribution < 1.29 is 9.59 Å². The third kappa shape index (κ3) is 5.58. The number of carbonyl (C=O) groups is 2. The quantitative estimate of drug-likeness (QED) is 0.785. The lowest BCUT2D eigenvalue weighted by Gasteiger charge is -2.27. The zero-order valence-corrected chi connectivity index (χ0v) is 16.9.